The maximum Gasteiger partial charge on any atom is 0.255 e. The van der Waals surface area contributed by atoms with E-state index in [1.54, 1.807) is 11.8 Å². The highest BCUT2D eigenvalue weighted by atomic mass is 35.5. The number of hydrogen-bond donors (Lipinski definition) is 2. The summed E-state index contributed by atoms with van der Waals surface area (Å²) in [6.45, 7) is 1.86. The Hall–Kier alpha value is -2.38. The summed E-state index contributed by atoms with van der Waals surface area (Å²) in [5.74, 6) is 0.685. The number of benzene rings is 3. The summed E-state index contributed by atoms with van der Waals surface area (Å²) >= 11 is 9.10. The summed E-state index contributed by atoms with van der Waals surface area (Å²) in [6.07, 6.45) is 0. The number of rotatable bonds is 6. The highest BCUT2D eigenvalue weighted by molar-refractivity contribution is 7.98. The van der Waals surface area contributed by atoms with Gasteiger partial charge < -0.3 is 10.4 Å². The average Bonchev–Trinajstić information content (AvgIpc) is 3.16. The van der Waals surface area contributed by atoms with Crippen LogP contribution in [0.25, 0.3) is 10.2 Å². The normalized spacial score (nSPS) is 11.0. The van der Waals surface area contributed by atoms with E-state index in [4.69, 9.17) is 11.6 Å². The monoisotopic (exact) mass is 454 g/mol. The van der Waals surface area contributed by atoms with Gasteiger partial charge in [0.1, 0.15) is 5.01 Å². The Labute approximate surface area is 187 Å². The third-order valence-corrected chi connectivity index (χ3v) is 6.92. The van der Waals surface area contributed by atoms with Gasteiger partial charge in [-0.2, -0.15) is 0 Å². The largest absolute Gasteiger partial charge is 0.389 e. The fourth-order valence-electron chi connectivity index (χ4n) is 3.05. The molecule has 0 aliphatic heterocycles. The van der Waals surface area contributed by atoms with Gasteiger partial charge in [0, 0.05) is 26.9 Å². The van der Waals surface area contributed by atoms with Crippen molar-refractivity contribution in [1.29, 1.82) is 0 Å². The Morgan fingerprint density at radius 2 is 1.93 bits per heavy atom. The molecule has 0 aliphatic rings. The fraction of sp³-hybridized carbons (Fsp3) is 0.130. The van der Waals surface area contributed by atoms with E-state index in [1.807, 2.05) is 67.6 Å². The Morgan fingerprint density at radius 3 is 2.67 bits per heavy atom. The third kappa shape index (κ3) is 4.84. The molecule has 1 aromatic heterocycles. The van der Waals surface area contributed by atoms with Crippen molar-refractivity contribution in [1.82, 2.24) is 4.98 Å². The van der Waals surface area contributed by atoms with Crippen LogP contribution in [0.5, 0.6) is 0 Å². The highest BCUT2D eigenvalue weighted by Gasteiger charge is 2.12. The molecule has 2 N–H and O–H groups in total. The predicted molar refractivity (Wildman–Crippen MR) is 126 cm³/mol. The number of amides is 1. The van der Waals surface area contributed by atoms with E-state index >= 15 is 0 Å². The maximum atomic E-state index is 12.8. The standard InChI is InChI=1S/C23H19ClN2O2S2/c1-14-10-18(29-13-15-2-4-16(24)5-3-15)7-8-19(14)23(28)25-17-6-9-21-20(11-17)26-22(12-27)30-21/h2-11,27H,12-13H2,1H3,(H,25,28). The maximum absolute atomic E-state index is 12.8. The number of carbonyl (C=O) groups excluding carboxylic acids is 1. The second-order valence-electron chi connectivity index (χ2n) is 6.79. The Morgan fingerprint density at radius 1 is 1.13 bits per heavy atom. The minimum absolute atomic E-state index is 0.0807. The molecule has 0 unspecified atom stereocenters. The van der Waals surface area contributed by atoms with Gasteiger partial charge in [-0.1, -0.05) is 23.7 Å². The minimum atomic E-state index is -0.154. The number of aliphatic hydroxyl groups is 1. The number of aryl methyl sites for hydroxylation is 1. The molecule has 1 heterocycles. The SMILES string of the molecule is Cc1cc(SCc2ccc(Cl)cc2)ccc1C(=O)Nc1ccc2sc(CO)nc2c1. The molecule has 0 radical (unpaired) electrons. The Bertz CT molecular complexity index is 1210. The van der Waals surface area contributed by atoms with E-state index < -0.39 is 0 Å². The van der Waals surface area contributed by atoms with E-state index in [-0.39, 0.29) is 12.5 Å². The predicted octanol–water partition coefficient (Wildman–Crippen LogP) is 6.30. The first-order valence-electron chi connectivity index (χ1n) is 9.31. The van der Waals surface area contributed by atoms with E-state index in [9.17, 15) is 9.90 Å². The second-order valence-corrected chi connectivity index (χ2v) is 9.39. The van der Waals surface area contributed by atoms with Gasteiger partial charge in [0.15, 0.2) is 0 Å². The first-order valence-corrected chi connectivity index (χ1v) is 11.5. The smallest absolute Gasteiger partial charge is 0.255 e. The zero-order valence-electron chi connectivity index (χ0n) is 16.2. The fourth-order valence-corrected chi connectivity index (χ4v) is 4.93. The number of aliphatic hydroxyl groups excluding tert-OH is 1. The molecule has 0 aliphatic carbocycles. The van der Waals surface area contributed by atoms with Crippen LogP contribution in [0.1, 0.15) is 26.5 Å². The molecule has 0 spiro atoms. The molecule has 7 heteroatoms. The van der Waals surface area contributed by atoms with Crippen molar-refractivity contribution in [2.45, 2.75) is 24.2 Å². The molecule has 0 atom stereocenters. The van der Waals surface area contributed by atoms with Gasteiger partial charge in [-0.3, -0.25) is 4.79 Å². The van der Waals surface area contributed by atoms with Crippen molar-refractivity contribution in [3.05, 3.63) is 87.4 Å². The molecule has 0 fully saturated rings. The van der Waals surface area contributed by atoms with Crippen molar-refractivity contribution in [2.24, 2.45) is 0 Å². The van der Waals surface area contributed by atoms with Gasteiger partial charge in [0.2, 0.25) is 0 Å². The van der Waals surface area contributed by atoms with E-state index in [2.05, 4.69) is 10.3 Å². The van der Waals surface area contributed by atoms with Gasteiger partial charge >= 0.3 is 0 Å². The number of thiazole rings is 1. The highest BCUT2D eigenvalue weighted by Crippen LogP contribution is 2.27. The summed E-state index contributed by atoms with van der Waals surface area (Å²) in [5, 5.41) is 13.6. The summed E-state index contributed by atoms with van der Waals surface area (Å²) in [5.41, 5.74) is 4.22. The number of nitrogens with one attached hydrogen (secondary N) is 1. The van der Waals surface area contributed by atoms with Gasteiger partial charge in [-0.25, -0.2) is 4.98 Å². The van der Waals surface area contributed by atoms with Crippen molar-refractivity contribution in [2.75, 3.05) is 5.32 Å². The topological polar surface area (TPSA) is 62.2 Å². The van der Waals surface area contributed by atoms with Gasteiger partial charge in [-0.05, 0) is 66.6 Å². The molecule has 0 saturated heterocycles. The van der Waals surface area contributed by atoms with E-state index in [0.717, 1.165) is 31.5 Å². The lowest BCUT2D eigenvalue weighted by molar-refractivity contribution is 0.102. The third-order valence-electron chi connectivity index (χ3n) is 4.59. The van der Waals surface area contributed by atoms with Crippen LogP contribution >= 0.6 is 34.7 Å². The second kappa shape index (κ2) is 9.18. The number of halogens is 1. The summed E-state index contributed by atoms with van der Waals surface area (Å²) in [7, 11) is 0. The molecule has 152 valence electrons. The molecule has 0 bridgehead atoms. The number of hydrogen-bond acceptors (Lipinski definition) is 5. The molecular formula is C23H19ClN2O2S2. The van der Waals surface area contributed by atoms with Crippen LogP contribution in [0.4, 0.5) is 5.69 Å². The number of thioether (sulfide) groups is 1. The first kappa shape index (κ1) is 20.9. The van der Waals surface area contributed by atoms with Crippen LogP contribution < -0.4 is 5.32 Å². The lowest BCUT2D eigenvalue weighted by atomic mass is 10.1. The quantitative estimate of drug-likeness (QED) is 0.336. The lowest BCUT2D eigenvalue weighted by Crippen LogP contribution is -2.13. The Kier molecular flexibility index (Phi) is 6.39. The summed E-state index contributed by atoms with van der Waals surface area (Å²) < 4.78 is 0.982. The molecule has 4 rings (SSSR count). The zero-order chi connectivity index (χ0) is 21.1. The molecule has 1 amide bonds. The number of fused-ring (bicyclic) bond motifs is 1. The van der Waals surface area contributed by atoms with Crippen LogP contribution in [-0.2, 0) is 12.4 Å². The number of anilines is 1. The molecule has 3 aromatic carbocycles. The average molecular weight is 455 g/mol. The van der Waals surface area contributed by atoms with Crippen LogP contribution in [0.2, 0.25) is 5.02 Å². The number of carbonyl (C=O) groups is 1. The summed E-state index contributed by atoms with van der Waals surface area (Å²) in [4.78, 5) is 18.2. The molecule has 30 heavy (non-hydrogen) atoms. The van der Waals surface area contributed by atoms with Crippen LogP contribution in [0.3, 0.4) is 0 Å². The van der Waals surface area contributed by atoms with Crippen LogP contribution in [0, 0.1) is 6.92 Å². The molecule has 4 nitrogen and oxygen atoms in total. The van der Waals surface area contributed by atoms with Crippen molar-refractivity contribution >= 4 is 56.5 Å². The molecule has 4 aromatic rings. The lowest BCUT2D eigenvalue weighted by Gasteiger charge is -2.10. The minimum Gasteiger partial charge on any atom is -0.389 e. The van der Waals surface area contributed by atoms with Crippen molar-refractivity contribution in [3.8, 4) is 0 Å². The van der Waals surface area contributed by atoms with Gasteiger partial charge in [0.25, 0.3) is 5.91 Å². The number of nitrogens with zero attached hydrogens (tertiary/aromatic N) is 1. The zero-order valence-corrected chi connectivity index (χ0v) is 18.6. The van der Waals surface area contributed by atoms with Crippen LogP contribution in [0.15, 0.2) is 65.6 Å². The van der Waals surface area contributed by atoms with Crippen molar-refractivity contribution < 1.29 is 9.90 Å². The van der Waals surface area contributed by atoms with E-state index in [0.29, 0.717) is 16.3 Å². The summed E-state index contributed by atoms with van der Waals surface area (Å²) in [6, 6.07) is 19.3. The van der Waals surface area contributed by atoms with Crippen LogP contribution in [-0.4, -0.2) is 16.0 Å². The van der Waals surface area contributed by atoms with Crippen molar-refractivity contribution in [3.63, 3.8) is 0 Å². The van der Waals surface area contributed by atoms with Gasteiger partial charge in [0.05, 0.1) is 16.8 Å². The van der Waals surface area contributed by atoms with E-state index in [1.165, 1.54) is 16.9 Å². The first-order chi connectivity index (χ1) is 14.5. The molecule has 0 saturated carbocycles. The number of aromatic nitrogens is 1. The van der Waals surface area contributed by atoms with Gasteiger partial charge in [-0.15, -0.1) is 23.1 Å². The molecular weight excluding hydrogens is 436 g/mol. The Balaban J connectivity index is 1.44.